The summed E-state index contributed by atoms with van der Waals surface area (Å²) in [5.41, 5.74) is 5.21. The van der Waals surface area contributed by atoms with E-state index in [-0.39, 0.29) is 0 Å². The second-order valence-corrected chi connectivity index (χ2v) is 7.08. The summed E-state index contributed by atoms with van der Waals surface area (Å²) in [6.07, 6.45) is 3.07. The summed E-state index contributed by atoms with van der Waals surface area (Å²) in [4.78, 5) is 17.0. The molecule has 0 saturated carbocycles. The Bertz CT molecular complexity index is 1130. The fraction of sp³-hybridized carbons (Fsp3) is 0.174. The van der Waals surface area contributed by atoms with Crippen molar-refractivity contribution in [3.63, 3.8) is 0 Å². The standard InChI is InChI=1S/C23H23ClN4O4/c1-14-7-8-16(24)12-18(14)27-22-17(6-5-9-25-22)23(29)28-26-13-15-10-19(30-2)21(32-4)20(11-15)31-3/h5-13H,1-4H3,(H,25,27)(H,28,29)/b26-13+. The van der Waals surface area contributed by atoms with Gasteiger partial charge in [0, 0.05) is 22.5 Å². The summed E-state index contributed by atoms with van der Waals surface area (Å²) in [7, 11) is 4.58. The van der Waals surface area contributed by atoms with Crippen LogP contribution >= 0.6 is 11.6 Å². The van der Waals surface area contributed by atoms with Crippen molar-refractivity contribution in [3.8, 4) is 17.2 Å². The van der Waals surface area contributed by atoms with Gasteiger partial charge in [-0.2, -0.15) is 5.10 Å². The molecule has 3 rings (SSSR count). The molecule has 2 N–H and O–H groups in total. The first-order valence-electron chi connectivity index (χ1n) is 9.58. The highest BCUT2D eigenvalue weighted by Gasteiger charge is 2.14. The molecule has 0 aliphatic rings. The number of methoxy groups -OCH3 is 3. The first-order valence-corrected chi connectivity index (χ1v) is 9.96. The summed E-state index contributed by atoms with van der Waals surface area (Å²) in [6.45, 7) is 1.93. The first kappa shape index (κ1) is 22.9. The average Bonchev–Trinajstić information content (AvgIpc) is 2.80. The number of aryl methyl sites for hydroxylation is 1. The molecule has 2 aromatic carbocycles. The maximum Gasteiger partial charge on any atom is 0.275 e. The molecule has 0 radical (unpaired) electrons. The van der Waals surface area contributed by atoms with Crippen molar-refractivity contribution in [3.05, 3.63) is 70.4 Å². The Morgan fingerprint density at radius 2 is 1.78 bits per heavy atom. The monoisotopic (exact) mass is 454 g/mol. The number of anilines is 2. The van der Waals surface area contributed by atoms with E-state index in [9.17, 15) is 4.79 Å². The van der Waals surface area contributed by atoms with Crippen LogP contribution in [0.4, 0.5) is 11.5 Å². The molecule has 0 spiro atoms. The molecular formula is C23H23ClN4O4. The number of nitrogens with zero attached hydrogens (tertiary/aromatic N) is 2. The van der Waals surface area contributed by atoms with Crippen LogP contribution in [-0.4, -0.2) is 38.4 Å². The molecule has 8 nitrogen and oxygen atoms in total. The zero-order valence-electron chi connectivity index (χ0n) is 18.1. The highest BCUT2D eigenvalue weighted by molar-refractivity contribution is 6.30. The van der Waals surface area contributed by atoms with Gasteiger partial charge in [0.2, 0.25) is 5.75 Å². The summed E-state index contributed by atoms with van der Waals surface area (Å²) >= 11 is 6.09. The third kappa shape index (κ3) is 5.28. The lowest BCUT2D eigenvalue weighted by Gasteiger charge is -2.13. The molecule has 1 amide bonds. The fourth-order valence-electron chi connectivity index (χ4n) is 2.95. The Morgan fingerprint density at radius 1 is 1.06 bits per heavy atom. The maximum atomic E-state index is 12.7. The zero-order chi connectivity index (χ0) is 23.1. The van der Waals surface area contributed by atoms with Crippen molar-refractivity contribution >= 4 is 35.2 Å². The number of halogens is 1. The van der Waals surface area contributed by atoms with E-state index in [4.69, 9.17) is 25.8 Å². The molecule has 0 aliphatic carbocycles. The molecule has 0 atom stereocenters. The molecule has 1 heterocycles. The second-order valence-electron chi connectivity index (χ2n) is 6.64. The smallest absolute Gasteiger partial charge is 0.275 e. The maximum absolute atomic E-state index is 12.7. The SMILES string of the molecule is COc1cc(/C=N/NC(=O)c2cccnc2Nc2cc(Cl)ccc2C)cc(OC)c1OC. The zero-order valence-corrected chi connectivity index (χ0v) is 18.9. The largest absolute Gasteiger partial charge is 0.493 e. The average molecular weight is 455 g/mol. The van der Waals surface area contributed by atoms with Gasteiger partial charge in [-0.1, -0.05) is 17.7 Å². The predicted molar refractivity (Wildman–Crippen MR) is 125 cm³/mol. The van der Waals surface area contributed by atoms with Crippen LogP contribution in [0, 0.1) is 6.92 Å². The van der Waals surface area contributed by atoms with Gasteiger partial charge in [-0.3, -0.25) is 4.79 Å². The molecule has 166 valence electrons. The predicted octanol–water partition coefficient (Wildman–Crippen LogP) is 4.58. The van der Waals surface area contributed by atoms with Crippen LogP contribution in [0.2, 0.25) is 5.02 Å². The Morgan fingerprint density at radius 3 is 2.44 bits per heavy atom. The summed E-state index contributed by atoms with van der Waals surface area (Å²) in [6, 6.07) is 12.2. The van der Waals surface area contributed by atoms with E-state index in [1.165, 1.54) is 27.5 Å². The van der Waals surface area contributed by atoms with Crippen LogP contribution in [-0.2, 0) is 0 Å². The van der Waals surface area contributed by atoms with Gasteiger partial charge in [0.15, 0.2) is 11.5 Å². The highest BCUT2D eigenvalue weighted by Crippen LogP contribution is 2.37. The van der Waals surface area contributed by atoms with Gasteiger partial charge in [0.25, 0.3) is 5.91 Å². The topological polar surface area (TPSA) is 94.1 Å². The summed E-state index contributed by atoms with van der Waals surface area (Å²) in [5.74, 6) is 1.39. The van der Waals surface area contributed by atoms with Crippen molar-refractivity contribution in [2.75, 3.05) is 26.6 Å². The molecule has 32 heavy (non-hydrogen) atoms. The van der Waals surface area contributed by atoms with E-state index in [1.54, 1.807) is 42.6 Å². The Kier molecular flexibility index (Phi) is 7.51. The summed E-state index contributed by atoms with van der Waals surface area (Å²) in [5, 5.41) is 7.79. The van der Waals surface area contributed by atoms with Crippen molar-refractivity contribution < 1.29 is 19.0 Å². The molecule has 9 heteroatoms. The molecule has 3 aromatic rings. The number of benzene rings is 2. The van der Waals surface area contributed by atoms with Crippen molar-refractivity contribution in [1.29, 1.82) is 0 Å². The Balaban J connectivity index is 1.79. The molecule has 0 unspecified atom stereocenters. The fourth-order valence-corrected chi connectivity index (χ4v) is 3.12. The Labute approximate surface area is 191 Å². The van der Waals surface area contributed by atoms with Crippen molar-refractivity contribution in [1.82, 2.24) is 10.4 Å². The second kappa shape index (κ2) is 10.5. The van der Waals surface area contributed by atoms with E-state index in [2.05, 4.69) is 20.8 Å². The van der Waals surface area contributed by atoms with Gasteiger partial charge in [0.1, 0.15) is 5.82 Å². The molecule has 0 bridgehead atoms. The van der Waals surface area contributed by atoms with Crippen LogP contribution in [0.1, 0.15) is 21.5 Å². The van der Waals surface area contributed by atoms with E-state index >= 15 is 0 Å². The van der Waals surface area contributed by atoms with E-state index in [1.807, 2.05) is 13.0 Å². The number of carbonyl (C=O) groups is 1. The van der Waals surface area contributed by atoms with Crippen LogP contribution in [0.3, 0.4) is 0 Å². The lowest BCUT2D eigenvalue weighted by atomic mass is 10.2. The van der Waals surface area contributed by atoms with Crippen molar-refractivity contribution in [2.24, 2.45) is 5.10 Å². The Hall–Kier alpha value is -3.78. The minimum absolute atomic E-state index is 0.328. The molecule has 1 aromatic heterocycles. The first-order chi connectivity index (χ1) is 15.5. The van der Waals surface area contributed by atoms with Gasteiger partial charge in [0.05, 0.1) is 33.1 Å². The number of hydrazone groups is 1. The quantitative estimate of drug-likeness (QED) is 0.382. The van der Waals surface area contributed by atoms with Gasteiger partial charge < -0.3 is 19.5 Å². The normalized spacial score (nSPS) is 10.7. The van der Waals surface area contributed by atoms with Crippen LogP contribution in [0.25, 0.3) is 0 Å². The van der Waals surface area contributed by atoms with Crippen LogP contribution < -0.4 is 25.0 Å². The third-order valence-corrected chi connectivity index (χ3v) is 4.81. The number of hydrogen-bond donors (Lipinski definition) is 2. The summed E-state index contributed by atoms with van der Waals surface area (Å²) < 4.78 is 16.0. The van der Waals surface area contributed by atoms with E-state index in [0.717, 1.165) is 11.3 Å². The number of aromatic nitrogens is 1. The van der Waals surface area contributed by atoms with Gasteiger partial charge >= 0.3 is 0 Å². The highest BCUT2D eigenvalue weighted by atomic mass is 35.5. The minimum Gasteiger partial charge on any atom is -0.493 e. The van der Waals surface area contributed by atoms with Gasteiger partial charge in [-0.15, -0.1) is 0 Å². The molecular weight excluding hydrogens is 432 g/mol. The van der Waals surface area contributed by atoms with Gasteiger partial charge in [-0.05, 0) is 48.9 Å². The number of hydrogen-bond acceptors (Lipinski definition) is 7. The van der Waals surface area contributed by atoms with E-state index < -0.39 is 5.91 Å². The number of rotatable bonds is 8. The molecule has 0 aliphatic heterocycles. The lowest BCUT2D eigenvalue weighted by molar-refractivity contribution is 0.0955. The number of ether oxygens (including phenoxy) is 3. The molecule has 0 fully saturated rings. The van der Waals surface area contributed by atoms with Crippen molar-refractivity contribution in [2.45, 2.75) is 6.92 Å². The lowest BCUT2D eigenvalue weighted by Crippen LogP contribution is -2.19. The van der Waals surface area contributed by atoms with Crippen LogP contribution in [0.15, 0.2) is 53.8 Å². The van der Waals surface area contributed by atoms with Gasteiger partial charge in [-0.25, -0.2) is 10.4 Å². The minimum atomic E-state index is -0.427. The number of carbonyl (C=O) groups excluding carboxylic acids is 1. The number of amides is 1. The third-order valence-electron chi connectivity index (χ3n) is 4.57. The van der Waals surface area contributed by atoms with E-state index in [0.29, 0.717) is 39.2 Å². The van der Waals surface area contributed by atoms with Crippen LogP contribution in [0.5, 0.6) is 17.2 Å². The number of pyridine rings is 1. The molecule has 0 saturated heterocycles. The number of nitrogens with one attached hydrogen (secondary N) is 2.